The first-order valence-electron chi connectivity index (χ1n) is 8.38. The van der Waals surface area contributed by atoms with Gasteiger partial charge in [0.05, 0.1) is 0 Å². The van der Waals surface area contributed by atoms with Gasteiger partial charge < -0.3 is 10.2 Å². The fraction of sp³-hybridized carbons (Fsp3) is 0.300. The molecule has 1 aliphatic heterocycles. The zero-order valence-electron chi connectivity index (χ0n) is 13.9. The van der Waals surface area contributed by atoms with Gasteiger partial charge in [-0.05, 0) is 43.5 Å². The molecule has 0 spiro atoms. The van der Waals surface area contributed by atoms with Crippen molar-refractivity contribution in [2.45, 2.75) is 32.6 Å². The highest BCUT2D eigenvalue weighted by Gasteiger charge is 2.21. The van der Waals surface area contributed by atoms with Crippen LogP contribution in [0.1, 0.15) is 30.4 Å². The number of nitrogens with zero attached hydrogens (tertiary/aromatic N) is 1. The van der Waals surface area contributed by atoms with Crippen LogP contribution >= 0.6 is 0 Å². The molecule has 4 nitrogen and oxygen atoms in total. The molecule has 0 bridgehead atoms. The second-order valence-electron chi connectivity index (χ2n) is 6.23. The van der Waals surface area contributed by atoms with E-state index in [1.54, 1.807) is 4.90 Å². The van der Waals surface area contributed by atoms with E-state index in [1.165, 1.54) is 5.56 Å². The Hall–Kier alpha value is -2.62. The molecule has 1 saturated heterocycles. The van der Waals surface area contributed by atoms with Crippen molar-refractivity contribution in [1.29, 1.82) is 0 Å². The van der Waals surface area contributed by atoms with E-state index in [0.29, 0.717) is 12.8 Å². The van der Waals surface area contributed by atoms with E-state index in [4.69, 9.17) is 0 Å². The Balaban J connectivity index is 1.58. The molecule has 0 aliphatic carbocycles. The summed E-state index contributed by atoms with van der Waals surface area (Å²) >= 11 is 0. The van der Waals surface area contributed by atoms with Crippen LogP contribution < -0.4 is 10.2 Å². The van der Waals surface area contributed by atoms with Gasteiger partial charge in [0.15, 0.2) is 0 Å². The van der Waals surface area contributed by atoms with Crippen molar-refractivity contribution in [3.8, 4) is 0 Å². The number of benzene rings is 2. The average Bonchev–Trinajstić information content (AvgIpc) is 3.01. The van der Waals surface area contributed by atoms with Crippen LogP contribution in [0.3, 0.4) is 0 Å². The van der Waals surface area contributed by atoms with E-state index in [2.05, 4.69) is 36.5 Å². The van der Waals surface area contributed by atoms with Crippen LogP contribution in [-0.2, 0) is 16.0 Å². The average molecular weight is 322 g/mol. The van der Waals surface area contributed by atoms with Crippen molar-refractivity contribution in [3.63, 3.8) is 0 Å². The maximum absolute atomic E-state index is 12.2. The van der Waals surface area contributed by atoms with E-state index in [0.717, 1.165) is 36.3 Å². The highest BCUT2D eigenvalue weighted by molar-refractivity contribution is 5.97. The third kappa shape index (κ3) is 4.02. The highest BCUT2D eigenvalue weighted by Crippen LogP contribution is 2.24. The van der Waals surface area contributed by atoms with Crippen LogP contribution in [0.15, 0.2) is 48.5 Å². The van der Waals surface area contributed by atoms with Crippen molar-refractivity contribution >= 4 is 23.2 Å². The normalized spacial score (nSPS) is 14.0. The zero-order valence-corrected chi connectivity index (χ0v) is 13.9. The number of amides is 2. The lowest BCUT2D eigenvalue weighted by Gasteiger charge is -2.16. The molecule has 0 unspecified atom stereocenters. The molecular formula is C20H22N2O2. The molecule has 3 rings (SSSR count). The number of carbonyl (C=O) groups is 2. The lowest BCUT2D eigenvalue weighted by atomic mass is 10.1. The second kappa shape index (κ2) is 7.30. The van der Waals surface area contributed by atoms with Gasteiger partial charge in [-0.3, -0.25) is 9.59 Å². The maximum Gasteiger partial charge on any atom is 0.227 e. The molecule has 1 N–H and O–H groups in total. The molecule has 0 saturated carbocycles. The van der Waals surface area contributed by atoms with Crippen LogP contribution in [0.2, 0.25) is 0 Å². The van der Waals surface area contributed by atoms with Gasteiger partial charge in [-0.25, -0.2) is 0 Å². The van der Waals surface area contributed by atoms with Crippen molar-refractivity contribution in [2.24, 2.45) is 0 Å². The predicted molar refractivity (Wildman–Crippen MR) is 96.2 cm³/mol. The molecule has 0 atom stereocenters. The zero-order chi connectivity index (χ0) is 16.9. The number of anilines is 2. The van der Waals surface area contributed by atoms with Crippen molar-refractivity contribution in [1.82, 2.24) is 0 Å². The molecule has 24 heavy (non-hydrogen) atoms. The third-order valence-electron chi connectivity index (χ3n) is 4.28. The summed E-state index contributed by atoms with van der Waals surface area (Å²) in [5, 5.41) is 2.93. The molecule has 2 amide bonds. The van der Waals surface area contributed by atoms with Gasteiger partial charge in [0.2, 0.25) is 11.8 Å². The van der Waals surface area contributed by atoms with Crippen LogP contribution in [0.4, 0.5) is 11.4 Å². The summed E-state index contributed by atoms with van der Waals surface area (Å²) in [5.41, 5.74) is 3.97. The summed E-state index contributed by atoms with van der Waals surface area (Å²) in [5.74, 6) is 0.137. The smallest absolute Gasteiger partial charge is 0.227 e. The number of hydrogen-bond donors (Lipinski definition) is 1. The summed E-state index contributed by atoms with van der Waals surface area (Å²) < 4.78 is 0. The number of carbonyl (C=O) groups excluding carboxylic acids is 2. The van der Waals surface area contributed by atoms with E-state index < -0.39 is 0 Å². The molecule has 124 valence electrons. The Morgan fingerprint density at radius 1 is 1.17 bits per heavy atom. The minimum Gasteiger partial charge on any atom is -0.326 e. The Morgan fingerprint density at radius 3 is 2.67 bits per heavy atom. The van der Waals surface area contributed by atoms with Crippen molar-refractivity contribution < 1.29 is 9.59 Å². The van der Waals surface area contributed by atoms with Gasteiger partial charge in [0, 0.05) is 30.8 Å². The Labute approximate surface area is 142 Å². The Morgan fingerprint density at radius 2 is 1.96 bits per heavy atom. The molecule has 0 radical (unpaired) electrons. The molecule has 2 aromatic carbocycles. The fourth-order valence-corrected chi connectivity index (χ4v) is 2.91. The molecular weight excluding hydrogens is 300 g/mol. The van der Waals surface area contributed by atoms with Crippen LogP contribution in [0.25, 0.3) is 0 Å². The molecule has 2 aromatic rings. The number of hydrogen-bond acceptors (Lipinski definition) is 2. The van der Waals surface area contributed by atoms with E-state index in [1.807, 2.05) is 24.3 Å². The minimum absolute atomic E-state index is 0.0135. The van der Waals surface area contributed by atoms with Gasteiger partial charge in [-0.2, -0.15) is 0 Å². The Bertz CT molecular complexity index is 738. The molecule has 1 fully saturated rings. The van der Waals surface area contributed by atoms with Crippen LogP contribution in [-0.4, -0.2) is 18.4 Å². The minimum atomic E-state index is -0.0135. The summed E-state index contributed by atoms with van der Waals surface area (Å²) in [6.45, 7) is 2.80. The first-order chi connectivity index (χ1) is 11.6. The summed E-state index contributed by atoms with van der Waals surface area (Å²) in [6, 6.07) is 15.7. The van der Waals surface area contributed by atoms with E-state index in [9.17, 15) is 9.59 Å². The van der Waals surface area contributed by atoms with Gasteiger partial charge in [0.1, 0.15) is 0 Å². The monoisotopic (exact) mass is 322 g/mol. The van der Waals surface area contributed by atoms with Crippen LogP contribution in [0.5, 0.6) is 0 Å². The SMILES string of the molecule is Cc1ccc(CCC(=O)Nc2cccc(N3CCCC3=O)c2)cc1. The quantitative estimate of drug-likeness (QED) is 0.912. The number of nitrogens with one attached hydrogen (secondary N) is 1. The lowest BCUT2D eigenvalue weighted by molar-refractivity contribution is -0.117. The molecule has 1 heterocycles. The largest absolute Gasteiger partial charge is 0.326 e. The van der Waals surface area contributed by atoms with E-state index in [-0.39, 0.29) is 11.8 Å². The second-order valence-corrected chi connectivity index (χ2v) is 6.23. The van der Waals surface area contributed by atoms with Crippen molar-refractivity contribution in [3.05, 3.63) is 59.7 Å². The fourth-order valence-electron chi connectivity index (χ4n) is 2.91. The number of aryl methyl sites for hydroxylation is 2. The summed E-state index contributed by atoms with van der Waals surface area (Å²) in [7, 11) is 0. The van der Waals surface area contributed by atoms with Gasteiger partial charge >= 0.3 is 0 Å². The maximum atomic E-state index is 12.2. The summed E-state index contributed by atoms with van der Waals surface area (Å²) in [4.78, 5) is 25.8. The van der Waals surface area contributed by atoms with Gasteiger partial charge in [0.25, 0.3) is 0 Å². The van der Waals surface area contributed by atoms with Crippen LogP contribution in [0, 0.1) is 6.92 Å². The van der Waals surface area contributed by atoms with Gasteiger partial charge in [-0.1, -0.05) is 35.9 Å². The standard InChI is InChI=1S/C20H22N2O2/c1-15-7-9-16(10-8-15)11-12-19(23)21-17-4-2-5-18(14-17)22-13-3-6-20(22)24/h2,4-5,7-10,14H,3,6,11-13H2,1H3,(H,21,23). The van der Waals surface area contributed by atoms with Crippen molar-refractivity contribution in [2.75, 3.05) is 16.8 Å². The first-order valence-corrected chi connectivity index (χ1v) is 8.38. The highest BCUT2D eigenvalue weighted by atomic mass is 16.2. The third-order valence-corrected chi connectivity index (χ3v) is 4.28. The predicted octanol–water partition coefficient (Wildman–Crippen LogP) is 3.69. The van der Waals surface area contributed by atoms with E-state index >= 15 is 0 Å². The molecule has 1 aliphatic rings. The topological polar surface area (TPSA) is 49.4 Å². The lowest BCUT2D eigenvalue weighted by Crippen LogP contribution is -2.23. The molecule has 4 heteroatoms. The number of rotatable bonds is 5. The molecule has 0 aromatic heterocycles. The van der Waals surface area contributed by atoms with Gasteiger partial charge in [-0.15, -0.1) is 0 Å². The first kappa shape index (κ1) is 16.2. The Kier molecular flexibility index (Phi) is 4.94. The summed E-state index contributed by atoms with van der Waals surface area (Å²) in [6.07, 6.45) is 2.66.